The molecule has 0 aromatic heterocycles. The monoisotopic (exact) mass is 676 g/mol. The number of rotatable bonds is 13. The van der Waals surface area contributed by atoms with Gasteiger partial charge in [-0.25, -0.2) is 13.1 Å². The van der Waals surface area contributed by atoms with Gasteiger partial charge in [-0.2, -0.15) is 0 Å². The Labute approximate surface area is 276 Å². The van der Waals surface area contributed by atoms with Gasteiger partial charge in [-0.15, -0.1) is 0 Å². The Hall–Kier alpha value is -3.07. The van der Waals surface area contributed by atoms with Crippen molar-refractivity contribution in [1.29, 1.82) is 0 Å². The third kappa shape index (κ3) is 9.49. The molecular weight excluding hydrogens is 632 g/mol. The van der Waals surface area contributed by atoms with Crippen LogP contribution in [0.5, 0.6) is 0 Å². The van der Waals surface area contributed by atoms with Gasteiger partial charge in [0.05, 0.1) is 17.8 Å². The van der Waals surface area contributed by atoms with Crippen molar-refractivity contribution in [3.63, 3.8) is 0 Å². The Morgan fingerprint density at radius 2 is 1.76 bits per heavy atom. The minimum atomic E-state index is -3.99. The van der Waals surface area contributed by atoms with Gasteiger partial charge in [0.2, 0.25) is 27.7 Å². The first-order chi connectivity index (χ1) is 21.9. The van der Waals surface area contributed by atoms with Crippen molar-refractivity contribution in [3.8, 4) is 0 Å². The van der Waals surface area contributed by atoms with E-state index in [1.165, 1.54) is 6.92 Å². The van der Waals surface area contributed by atoms with E-state index in [1.807, 2.05) is 6.07 Å². The summed E-state index contributed by atoms with van der Waals surface area (Å²) in [5.74, 6) is -1.02. The fraction of sp³-hybridized carbons (Fsp3) is 0.531. The van der Waals surface area contributed by atoms with E-state index in [0.29, 0.717) is 55.9 Å². The predicted molar refractivity (Wildman–Crippen MR) is 176 cm³/mol. The molecule has 2 fully saturated rings. The van der Waals surface area contributed by atoms with E-state index in [-0.39, 0.29) is 49.0 Å². The van der Waals surface area contributed by atoms with Crippen molar-refractivity contribution in [2.45, 2.75) is 82.2 Å². The quantitative estimate of drug-likeness (QED) is 0.248. The summed E-state index contributed by atoms with van der Waals surface area (Å²) < 4.78 is 29.3. The molecule has 3 atom stereocenters. The lowest BCUT2D eigenvalue weighted by Crippen LogP contribution is -2.57. The highest BCUT2D eigenvalue weighted by Gasteiger charge is 2.40. The van der Waals surface area contributed by atoms with Crippen molar-refractivity contribution in [1.82, 2.24) is 24.7 Å². The van der Waals surface area contributed by atoms with Crippen molar-refractivity contribution in [2.24, 2.45) is 5.73 Å². The number of amides is 3. The highest BCUT2D eigenvalue weighted by atomic mass is 35.5. The molecule has 2 heterocycles. The largest absolute Gasteiger partial charge is 0.377 e. The number of likely N-dealkylation sites (tertiary alicyclic amines) is 2. The lowest BCUT2D eigenvalue weighted by Gasteiger charge is -2.38. The first kappa shape index (κ1) is 35.8. The summed E-state index contributed by atoms with van der Waals surface area (Å²) in [4.78, 5) is 43.6. The first-order valence-corrected chi connectivity index (χ1v) is 17.7. The molecule has 252 valence electrons. The Balaban J connectivity index is 1.49. The van der Waals surface area contributed by atoms with Crippen LogP contribution in [0.15, 0.2) is 48.5 Å². The van der Waals surface area contributed by atoms with Gasteiger partial charge in [-0.1, -0.05) is 48.0 Å². The number of benzene rings is 2. The first-order valence-electron chi connectivity index (χ1n) is 15.6. The van der Waals surface area contributed by atoms with Crippen LogP contribution in [0, 0.1) is 0 Å². The summed E-state index contributed by atoms with van der Waals surface area (Å²) in [7, 11) is -2.33. The molecule has 2 aliphatic rings. The average molecular weight is 677 g/mol. The number of hydrogen-bond donors (Lipinski definition) is 4. The second kappa shape index (κ2) is 16.2. The number of sulfonamides is 1. The van der Waals surface area contributed by atoms with Crippen LogP contribution in [0.1, 0.15) is 55.7 Å². The van der Waals surface area contributed by atoms with Gasteiger partial charge in [-0.05, 0) is 54.5 Å². The van der Waals surface area contributed by atoms with E-state index >= 15 is 0 Å². The third-order valence-corrected chi connectivity index (χ3v) is 10.5. The number of halogens is 1. The molecule has 0 radical (unpaired) electrons. The number of aliphatic hydroxyl groups excluding tert-OH is 1. The molecule has 2 aromatic carbocycles. The van der Waals surface area contributed by atoms with Crippen LogP contribution in [0.25, 0.3) is 0 Å². The molecule has 0 bridgehead atoms. The molecule has 4 rings (SSSR count). The van der Waals surface area contributed by atoms with Crippen molar-refractivity contribution >= 4 is 39.3 Å². The zero-order valence-corrected chi connectivity index (χ0v) is 28.0. The molecule has 3 amide bonds. The summed E-state index contributed by atoms with van der Waals surface area (Å²) in [5, 5.41) is 15.1. The van der Waals surface area contributed by atoms with Crippen molar-refractivity contribution in [3.05, 3.63) is 70.2 Å². The molecular formula is C32H45ClN6O6S. The maximum atomic E-state index is 13.6. The number of nitrogens with two attached hydrogens (primary N) is 1. The molecule has 0 saturated carbocycles. The SMILES string of the molecule is CC(=O)N1CCC(N(C)C(=O)C[C@@H](NS(=O)(=O)Cc2ccccc2)C(O)N2CCC[C@H]2C(=O)NCc2cc(Cl)ccc2CN)CC1. The minimum absolute atomic E-state index is 0.0139. The zero-order valence-electron chi connectivity index (χ0n) is 26.4. The minimum Gasteiger partial charge on any atom is -0.377 e. The third-order valence-electron chi connectivity index (χ3n) is 8.91. The van der Waals surface area contributed by atoms with Crippen LogP contribution in [-0.2, 0) is 43.2 Å². The second-order valence-corrected chi connectivity index (χ2v) is 14.2. The van der Waals surface area contributed by atoms with Gasteiger partial charge in [0, 0.05) is 64.2 Å². The predicted octanol–water partition coefficient (Wildman–Crippen LogP) is 1.55. The number of piperidine rings is 1. The molecule has 46 heavy (non-hydrogen) atoms. The summed E-state index contributed by atoms with van der Waals surface area (Å²) in [6.45, 7) is 3.38. The van der Waals surface area contributed by atoms with Gasteiger partial charge >= 0.3 is 0 Å². The van der Waals surface area contributed by atoms with Crippen molar-refractivity contribution in [2.75, 3.05) is 26.7 Å². The number of carbonyl (C=O) groups excluding carboxylic acids is 3. The number of nitrogens with one attached hydrogen (secondary N) is 2. The van der Waals surface area contributed by atoms with Gasteiger partial charge in [0.25, 0.3) is 0 Å². The van der Waals surface area contributed by atoms with E-state index in [4.69, 9.17) is 17.3 Å². The summed E-state index contributed by atoms with van der Waals surface area (Å²) in [6, 6.07) is 11.8. The molecule has 14 heteroatoms. The Morgan fingerprint density at radius 1 is 1.07 bits per heavy atom. The van der Waals surface area contributed by atoms with E-state index < -0.39 is 28.3 Å². The molecule has 0 spiro atoms. The van der Waals surface area contributed by atoms with Crippen LogP contribution >= 0.6 is 11.6 Å². The number of carbonyl (C=O) groups is 3. The Morgan fingerprint density at radius 3 is 2.41 bits per heavy atom. The molecule has 2 aliphatic heterocycles. The van der Waals surface area contributed by atoms with Gasteiger partial charge in [0.15, 0.2) is 0 Å². The zero-order chi connectivity index (χ0) is 33.4. The second-order valence-electron chi connectivity index (χ2n) is 12.1. The fourth-order valence-electron chi connectivity index (χ4n) is 6.25. The average Bonchev–Trinajstić information content (AvgIpc) is 3.53. The maximum Gasteiger partial charge on any atom is 0.237 e. The van der Waals surface area contributed by atoms with Crippen LogP contribution in [0.4, 0.5) is 0 Å². The summed E-state index contributed by atoms with van der Waals surface area (Å²) in [5.41, 5.74) is 8.03. The molecule has 2 aromatic rings. The molecule has 2 saturated heterocycles. The lowest BCUT2D eigenvalue weighted by atomic mass is 10.0. The van der Waals surface area contributed by atoms with Crippen LogP contribution in [0.2, 0.25) is 5.02 Å². The van der Waals surface area contributed by atoms with Crippen LogP contribution in [0.3, 0.4) is 0 Å². The maximum absolute atomic E-state index is 13.6. The van der Waals surface area contributed by atoms with Crippen LogP contribution < -0.4 is 15.8 Å². The standard InChI is InChI=1S/C32H45ClN6O6S/c1-22(40)38-15-12-27(13-16-38)37(2)30(41)18-28(36-46(44,45)21-23-7-4-3-5-8-23)32(43)39-14-6-9-29(39)31(42)35-20-25-17-26(33)11-10-24(25)19-34/h3-5,7-8,10-11,17,27-29,32,36,43H,6,9,12-16,18-21,34H2,1-2H3,(H,35,42)/t28-,29+,32?/m1/s1. The molecule has 0 aliphatic carbocycles. The van der Waals surface area contributed by atoms with E-state index in [1.54, 1.807) is 64.2 Å². The summed E-state index contributed by atoms with van der Waals surface area (Å²) in [6.07, 6.45) is 0.488. The molecule has 5 N–H and O–H groups in total. The van der Waals surface area contributed by atoms with E-state index in [2.05, 4.69) is 10.0 Å². The van der Waals surface area contributed by atoms with E-state index in [0.717, 1.165) is 11.1 Å². The topological polar surface area (TPSA) is 165 Å². The van der Waals surface area contributed by atoms with E-state index in [9.17, 15) is 27.9 Å². The number of nitrogens with zero attached hydrogens (tertiary/aromatic N) is 3. The van der Waals surface area contributed by atoms with Crippen LogP contribution in [-0.4, -0.2) is 97.0 Å². The lowest BCUT2D eigenvalue weighted by molar-refractivity contribution is -0.137. The molecule has 12 nitrogen and oxygen atoms in total. The van der Waals surface area contributed by atoms with Gasteiger partial charge in [0.1, 0.15) is 6.23 Å². The Kier molecular flexibility index (Phi) is 12.6. The highest BCUT2D eigenvalue weighted by molar-refractivity contribution is 7.88. The smallest absolute Gasteiger partial charge is 0.237 e. The summed E-state index contributed by atoms with van der Waals surface area (Å²) >= 11 is 6.15. The highest BCUT2D eigenvalue weighted by Crippen LogP contribution is 2.25. The Bertz CT molecular complexity index is 1470. The fourth-order valence-corrected chi connectivity index (χ4v) is 7.83. The molecule has 1 unspecified atom stereocenters. The normalized spacial score (nSPS) is 19.1. The van der Waals surface area contributed by atoms with Crippen molar-refractivity contribution < 1.29 is 27.9 Å². The van der Waals surface area contributed by atoms with Gasteiger partial charge < -0.3 is 26.0 Å². The number of aliphatic hydroxyl groups is 1. The number of hydrogen-bond acceptors (Lipinski definition) is 8. The van der Waals surface area contributed by atoms with Gasteiger partial charge in [-0.3, -0.25) is 19.3 Å².